The van der Waals surface area contributed by atoms with Gasteiger partial charge in [-0.05, 0) is 51.4 Å². The number of hydrogen-bond acceptors (Lipinski definition) is 2. The Kier molecular flexibility index (Phi) is 5.27. The molecule has 21 heavy (non-hydrogen) atoms. The van der Waals surface area contributed by atoms with Crippen molar-refractivity contribution in [2.75, 3.05) is 13.1 Å². The Morgan fingerprint density at radius 3 is 2.38 bits per heavy atom. The number of nitrogens with zero attached hydrogens (tertiary/aromatic N) is 1. The molecule has 0 amide bonds. The zero-order valence-electron chi connectivity index (χ0n) is 12.6. The lowest BCUT2D eigenvalue weighted by Gasteiger charge is -2.35. The minimum atomic E-state index is -4.28. The van der Waals surface area contributed by atoms with Gasteiger partial charge in [0.1, 0.15) is 0 Å². The van der Waals surface area contributed by atoms with Gasteiger partial charge in [-0.3, -0.25) is 0 Å². The minimum absolute atomic E-state index is 0.280. The van der Waals surface area contributed by atoms with E-state index in [-0.39, 0.29) is 6.54 Å². The molecule has 0 radical (unpaired) electrons. The quantitative estimate of drug-likeness (QED) is 0.913. The van der Waals surface area contributed by atoms with E-state index in [9.17, 15) is 13.2 Å². The molecule has 0 unspecified atom stereocenters. The van der Waals surface area contributed by atoms with Crippen molar-refractivity contribution in [3.63, 3.8) is 0 Å². The van der Waals surface area contributed by atoms with E-state index in [0.29, 0.717) is 17.6 Å². The summed E-state index contributed by atoms with van der Waals surface area (Å²) in [7, 11) is 0. The van der Waals surface area contributed by atoms with Crippen LogP contribution in [0.2, 0.25) is 0 Å². The van der Waals surface area contributed by atoms with Crippen LogP contribution >= 0.6 is 0 Å². The molecule has 1 aliphatic heterocycles. The van der Waals surface area contributed by atoms with Gasteiger partial charge in [-0.15, -0.1) is 0 Å². The predicted octanol–water partition coefficient (Wildman–Crippen LogP) is 3.67. The summed E-state index contributed by atoms with van der Waals surface area (Å²) < 4.78 is 38.8. The average molecular weight is 300 g/mol. The van der Waals surface area contributed by atoms with Crippen molar-refractivity contribution >= 4 is 0 Å². The van der Waals surface area contributed by atoms with E-state index in [1.807, 2.05) is 0 Å². The highest BCUT2D eigenvalue weighted by Gasteiger charge is 2.33. The Bertz CT molecular complexity index is 449. The first kappa shape index (κ1) is 16.3. The van der Waals surface area contributed by atoms with Crippen molar-refractivity contribution in [1.82, 2.24) is 10.2 Å². The molecule has 0 bridgehead atoms. The first-order valence-corrected chi connectivity index (χ1v) is 7.50. The number of hydrogen-bond donors (Lipinski definition) is 1. The van der Waals surface area contributed by atoms with Gasteiger partial charge in [-0.25, -0.2) is 0 Å². The van der Waals surface area contributed by atoms with Crippen LogP contribution in [0.25, 0.3) is 0 Å². The number of alkyl halides is 3. The SMILES string of the molecule is CC(C)N1CCC(NCc2ccccc2C(F)(F)F)CC1. The third-order valence-corrected chi connectivity index (χ3v) is 4.16. The molecule has 0 aliphatic carbocycles. The predicted molar refractivity (Wildman–Crippen MR) is 78.0 cm³/mol. The molecule has 1 saturated heterocycles. The fraction of sp³-hybridized carbons (Fsp3) is 0.625. The zero-order chi connectivity index (χ0) is 15.5. The highest BCUT2D eigenvalue weighted by atomic mass is 19.4. The summed E-state index contributed by atoms with van der Waals surface area (Å²) in [5.41, 5.74) is -0.201. The molecule has 118 valence electrons. The van der Waals surface area contributed by atoms with Gasteiger partial charge in [0, 0.05) is 18.6 Å². The van der Waals surface area contributed by atoms with Crippen LogP contribution in [0.15, 0.2) is 24.3 Å². The highest BCUT2D eigenvalue weighted by molar-refractivity contribution is 5.29. The Balaban J connectivity index is 1.90. The van der Waals surface area contributed by atoms with E-state index in [1.165, 1.54) is 6.07 Å². The second-order valence-electron chi connectivity index (χ2n) is 5.94. The summed E-state index contributed by atoms with van der Waals surface area (Å²) >= 11 is 0. The first-order valence-electron chi connectivity index (χ1n) is 7.50. The Labute approximate surface area is 124 Å². The van der Waals surface area contributed by atoms with Crippen LogP contribution in [0.3, 0.4) is 0 Å². The van der Waals surface area contributed by atoms with Gasteiger partial charge >= 0.3 is 6.18 Å². The van der Waals surface area contributed by atoms with Gasteiger partial charge in [0.15, 0.2) is 0 Å². The van der Waals surface area contributed by atoms with Crippen LogP contribution in [0.5, 0.6) is 0 Å². The van der Waals surface area contributed by atoms with Gasteiger partial charge in [-0.2, -0.15) is 13.2 Å². The molecule has 0 saturated carbocycles. The summed E-state index contributed by atoms with van der Waals surface area (Å²) in [6.07, 6.45) is -2.29. The Morgan fingerprint density at radius 1 is 1.19 bits per heavy atom. The Morgan fingerprint density at radius 2 is 1.81 bits per heavy atom. The maximum absolute atomic E-state index is 12.9. The maximum atomic E-state index is 12.9. The third-order valence-electron chi connectivity index (χ3n) is 4.16. The van der Waals surface area contributed by atoms with Gasteiger partial charge in [0.25, 0.3) is 0 Å². The van der Waals surface area contributed by atoms with Crippen LogP contribution in [0.4, 0.5) is 13.2 Å². The van der Waals surface area contributed by atoms with Crippen LogP contribution in [0, 0.1) is 0 Å². The molecule has 0 aromatic heterocycles. The van der Waals surface area contributed by atoms with Gasteiger partial charge in [0.05, 0.1) is 5.56 Å². The summed E-state index contributed by atoms with van der Waals surface area (Å²) in [6.45, 7) is 6.65. The van der Waals surface area contributed by atoms with E-state index in [2.05, 4.69) is 24.1 Å². The van der Waals surface area contributed by atoms with E-state index in [0.717, 1.165) is 32.0 Å². The summed E-state index contributed by atoms with van der Waals surface area (Å²) in [6, 6.07) is 6.65. The molecule has 5 heteroatoms. The molecule has 0 atom stereocenters. The molecule has 2 rings (SSSR count). The van der Waals surface area contributed by atoms with E-state index < -0.39 is 11.7 Å². The van der Waals surface area contributed by atoms with E-state index in [4.69, 9.17) is 0 Å². The van der Waals surface area contributed by atoms with Crippen molar-refractivity contribution in [2.24, 2.45) is 0 Å². The lowest BCUT2D eigenvalue weighted by molar-refractivity contribution is -0.138. The van der Waals surface area contributed by atoms with Crippen molar-refractivity contribution in [2.45, 2.75) is 51.5 Å². The topological polar surface area (TPSA) is 15.3 Å². The average Bonchev–Trinajstić information content (AvgIpc) is 2.45. The Hall–Kier alpha value is -1.07. The largest absolute Gasteiger partial charge is 0.416 e. The van der Waals surface area contributed by atoms with Crippen LogP contribution < -0.4 is 5.32 Å². The summed E-state index contributed by atoms with van der Waals surface area (Å²) in [4.78, 5) is 2.40. The molecule has 1 heterocycles. The number of nitrogens with one attached hydrogen (secondary N) is 1. The molecule has 1 aromatic carbocycles. The van der Waals surface area contributed by atoms with Gasteiger partial charge in [-0.1, -0.05) is 18.2 Å². The van der Waals surface area contributed by atoms with Crippen molar-refractivity contribution in [3.05, 3.63) is 35.4 Å². The van der Waals surface area contributed by atoms with E-state index >= 15 is 0 Å². The smallest absolute Gasteiger partial charge is 0.310 e. The van der Waals surface area contributed by atoms with Crippen molar-refractivity contribution in [1.29, 1.82) is 0 Å². The molecule has 1 N–H and O–H groups in total. The number of halogens is 3. The summed E-state index contributed by atoms with van der Waals surface area (Å²) in [5, 5.41) is 3.28. The molecule has 1 aliphatic rings. The van der Waals surface area contributed by atoms with Crippen LogP contribution in [0.1, 0.15) is 37.8 Å². The molecule has 1 aromatic rings. The highest BCUT2D eigenvalue weighted by Crippen LogP contribution is 2.31. The zero-order valence-corrected chi connectivity index (χ0v) is 12.6. The van der Waals surface area contributed by atoms with E-state index in [1.54, 1.807) is 12.1 Å². The van der Waals surface area contributed by atoms with Crippen LogP contribution in [-0.4, -0.2) is 30.1 Å². The standard InChI is InChI=1S/C16H23F3N2/c1-12(2)21-9-7-14(8-10-21)20-11-13-5-3-4-6-15(13)16(17,18)19/h3-6,12,14,20H,7-11H2,1-2H3. The summed E-state index contributed by atoms with van der Waals surface area (Å²) in [5.74, 6) is 0. The lowest BCUT2D eigenvalue weighted by Crippen LogP contribution is -2.44. The number of likely N-dealkylation sites (tertiary alicyclic amines) is 1. The lowest BCUT2D eigenvalue weighted by atomic mass is 10.0. The first-order chi connectivity index (χ1) is 9.88. The number of rotatable bonds is 4. The molecular weight excluding hydrogens is 277 g/mol. The fourth-order valence-electron chi connectivity index (χ4n) is 2.83. The number of piperidine rings is 1. The van der Waals surface area contributed by atoms with Crippen LogP contribution in [-0.2, 0) is 12.7 Å². The number of benzene rings is 1. The van der Waals surface area contributed by atoms with Crippen molar-refractivity contribution in [3.8, 4) is 0 Å². The fourth-order valence-corrected chi connectivity index (χ4v) is 2.83. The monoisotopic (exact) mass is 300 g/mol. The maximum Gasteiger partial charge on any atom is 0.416 e. The normalized spacial score (nSPS) is 18.4. The second-order valence-corrected chi connectivity index (χ2v) is 5.94. The minimum Gasteiger partial charge on any atom is -0.310 e. The molecule has 0 spiro atoms. The van der Waals surface area contributed by atoms with Gasteiger partial charge in [0.2, 0.25) is 0 Å². The molecule has 2 nitrogen and oxygen atoms in total. The third kappa shape index (κ3) is 4.45. The van der Waals surface area contributed by atoms with Gasteiger partial charge < -0.3 is 10.2 Å². The second kappa shape index (κ2) is 6.79. The van der Waals surface area contributed by atoms with Crippen molar-refractivity contribution < 1.29 is 13.2 Å². The molecule has 1 fully saturated rings. The molecular formula is C16H23F3N2.